The summed E-state index contributed by atoms with van der Waals surface area (Å²) in [5.41, 5.74) is 4.38. The standard InChI is InChI=1S/C31H27FN2O2/c32-28-16-11-26(12-17-28)22-33-30(35)21-25-13-18-29(19-14-25)34(23-27-9-5-2-6-10-27)31(36)20-15-24-7-3-1-4-8-24/h1-20H,21-23H2,(H,33,35)/b20-15+. The highest BCUT2D eigenvalue weighted by Crippen LogP contribution is 2.20. The molecule has 5 heteroatoms. The van der Waals surface area contributed by atoms with Crippen molar-refractivity contribution in [3.8, 4) is 0 Å². The molecule has 0 radical (unpaired) electrons. The molecule has 0 spiro atoms. The lowest BCUT2D eigenvalue weighted by atomic mass is 10.1. The van der Waals surface area contributed by atoms with E-state index in [0.717, 1.165) is 27.9 Å². The second-order valence-electron chi connectivity index (χ2n) is 8.40. The number of anilines is 1. The predicted molar refractivity (Wildman–Crippen MR) is 142 cm³/mol. The maximum atomic E-state index is 13.2. The molecule has 4 rings (SSSR count). The second kappa shape index (κ2) is 12.3. The smallest absolute Gasteiger partial charge is 0.251 e. The Hall–Kier alpha value is -4.51. The van der Waals surface area contributed by atoms with E-state index < -0.39 is 0 Å². The Kier molecular flexibility index (Phi) is 8.39. The summed E-state index contributed by atoms with van der Waals surface area (Å²) in [6.45, 7) is 0.764. The highest BCUT2D eigenvalue weighted by molar-refractivity contribution is 6.03. The molecule has 0 atom stereocenters. The van der Waals surface area contributed by atoms with Crippen LogP contribution in [-0.2, 0) is 29.1 Å². The van der Waals surface area contributed by atoms with Crippen molar-refractivity contribution in [2.75, 3.05) is 4.90 Å². The van der Waals surface area contributed by atoms with E-state index in [1.165, 1.54) is 12.1 Å². The van der Waals surface area contributed by atoms with Gasteiger partial charge in [0.2, 0.25) is 5.91 Å². The largest absolute Gasteiger partial charge is 0.352 e. The number of hydrogen-bond donors (Lipinski definition) is 1. The summed E-state index contributed by atoms with van der Waals surface area (Å²) >= 11 is 0. The fraction of sp³-hybridized carbons (Fsp3) is 0.0968. The highest BCUT2D eigenvalue weighted by atomic mass is 19.1. The minimum atomic E-state index is -0.305. The first-order valence-electron chi connectivity index (χ1n) is 11.8. The molecule has 4 nitrogen and oxygen atoms in total. The van der Waals surface area contributed by atoms with Gasteiger partial charge in [0, 0.05) is 18.3 Å². The van der Waals surface area contributed by atoms with Gasteiger partial charge < -0.3 is 10.2 Å². The number of nitrogens with zero attached hydrogens (tertiary/aromatic N) is 1. The van der Waals surface area contributed by atoms with Crippen LogP contribution < -0.4 is 10.2 Å². The number of benzene rings is 4. The average Bonchev–Trinajstić information content (AvgIpc) is 2.92. The molecule has 2 amide bonds. The maximum Gasteiger partial charge on any atom is 0.251 e. The van der Waals surface area contributed by atoms with Crippen molar-refractivity contribution in [3.05, 3.63) is 143 Å². The lowest BCUT2D eigenvalue weighted by Crippen LogP contribution is -2.28. The summed E-state index contributed by atoms with van der Waals surface area (Å²) in [5, 5.41) is 2.85. The molecular weight excluding hydrogens is 451 g/mol. The van der Waals surface area contributed by atoms with Crippen molar-refractivity contribution in [1.82, 2.24) is 5.32 Å². The Labute approximate surface area is 210 Å². The Bertz CT molecular complexity index is 1300. The molecule has 0 aliphatic carbocycles. The lowest BCUT2D eigenvalue weighted by molar-refractivity contribution is -0.120. The van der Waals surface area contributed by atoms with Gasteiger partial charge in [-0.1, -0.05) is 84.9 Å². The van der Waals surface area contributed by atoms with E-state index in [1.807, 2.05) is 84.9 Å². The molecule has 0 aliphatic rings. The molecule has 1 N–H and O–H groups in total. The van der Waals surface area contributed by atoms with Crippen molar-refractivity contribution < 1.29 is 14.0 Å². The van der Waals surface area contributed by atoms with Gasteiger partial charge in [-0.25, -0.2) is 4.39 Å². The zero-order valence-corrected chi connectivity index (χ0v) is 19.8. The quantitative estimate of drug-likeness (QED) is 0.303. The van der Waals surface area contributed by atoms with Gasteiger partial charge in [0.05, 0.1) is 13.0 Å². The van der Waals surface area contributed by atoms with Crippen LogP contribution in [0.1, 0.15) is 22.3 Å². The molecule has 0 aromatic heterocycles. The first-order chi connectivity index (χ1) is 17.6. The number of amides is 2. The monoisotopic (exact) mass is 478 g/mol. The summed E-state index contributed by atoms with van der Waals surface area (Å²) in [7, 11) is 0. The van der Waals surface area contributed by atoms with Gasteiger partial charge in [0.25, 0.3) is 5.91 Å². The van der Waals surface area contributed by atoms with Crippen LogP contribution in [0.15, 0.2) is 115 Å². The van der Waals surface area contributed by atoms with E-state index in [1.54, 1.807) is 29.2 Å². The summed E-state index contributed by atoms with van der Waals surface area (Å²) in [5.74, 6) is -0.567. The fourth-order valence-corrected chi connectivity index (χ4v) is 3.73. The predicted octanol–water partition coefficient (Wildman–Crippen LogP) is 5.93. The third-order valence-electron chi connectivity index (χ3n) is 5.68. The summed E-state index contributed by atoms with van der Waals surface area (Å²) in [6.07, 6.45) is 3.59. The van der Waals surface area contributed by atoms with Crippen LogP contribution in [0.25, 0.3) is 6.08 Å². The van der Waals surface area contributed by atoms with E-state index in [2.05, 4.69) is 5.32 Å². The number of nitrogens with one attached hydrogen (secondary N) is 1. The summed E-state index contributed by atoms with van der Waals surface area (Å²) in [4.78, 5) is 27.3. The van der Waals surface area contributed by atoms with E-state index >= 15 is 0 Å². The first-order valence-corrected chi connectivity index (χ1v) is 11.8. The van der Waals surface area contributed by atoms with Crippen LogP contribution in [-0.4, -0.2) is 11.8 Å². The summed E-state index contributed by atoms with van der Waals surface area (Å²) < 4.78 is 13.0. The Morgan fingerprint density at radius 2 is 1.33 bits per heavy atom. The molecule has 36 heavy (non-hydrogen) atoms. The van der Waals surface area contributed by atoms with Crippen LogP contribution >= 0.6 is 0 Å². The number of halogens is 1. The molecule has 0 aliphatic heterocycles. The molecule has 4 aromatic carbocycles. The van der Waals surface area contributed by atoms with E-state index in [0.29, 0.717) is 13.1 Å². The average molecular weight is 479 g/mol. The van der Waals surface area contributed by atoms with Crippen LogP contribution in [0.4, 0.5) is 10.1 Å². The lowest BCUT2D eigenvalue weighted by Gasteiger charge is -2.22. The molecule has 0 heterocycles. The number of carbonyl (C=O) groups is 2. The van der Waals surface area contributed by atoms with Gasteiger partial charge in [-0.15, -0.1) is 0 Å². The van der Waals surface area contributed by atoms with Gasteiger partial charge in [-0.05, 0) is 52.6 Å². The minimum absolute atomic E-state index is 0.130. The third-order valence-corrected chi connectivity index (χ3v) is 5.68. The van der Waals surface area contributed by atoms with Crippen molar-refractivity contribution in [3.63, 3.8) is 0 Å². The zero-order valence-electron chi connectivity index (χ0n) is 19.8. The minimum Gasteiger partial charge on any atom is -0.352 e. The molecule has 0 saturated carbocycles. The van der Waals surface area contributed by atoms with Crippen LogP contribution in [0, 0.1) is 5.82 Å². The second-order valence-corrected chi connectivity index (χ2v) is 8.40. The Balaban J connectivity index is 1.43. The molecule has 0 fully saturated rings. The fourth-order valence-electron chi connectivity index (χ4n) is 3.73. The van der Waals surface area contributed by atoms with Crippen molar-refractivity contribution >= 4 is 23.6 Å². The topological polar surface area (TPSA) is 49.4 Å². The Morgan fingerprint density at radius 1 is 0.722 bits per heavy atom. The van der Waals surface area contributed by atoms with Gasteiger partial charge in [0.1, 0.15) is 5.82 Å². The van der Waals surface area contributed by atoms with Gasteiger partial charge in [-0.3, -0.25) is 9.59 Å². The van der Waals surface area contributed by atoms with Crippen LogP contribution in [0.3, 0.4) is 0 Å². The van der Waals surface area contributed by atoms with Crippen LogP contribution in [0.2, 0.25) is 0 Å². The molecule has 4 aromatic rings. The molecule has 0 unspecified atom stereocenters. The summed E-state index contributed by atoms with van der Waals surface area (Å²) in [6, 6.07) is 33.0. The maximum absolute atomic E-state index is 13.2. The van der Waals surface area contributed by atoms with Crippen molar-refractivity contribution in [2.24, 2.45) is 0 Å². The zero-order chi connectivity index (χ0) is 25.2. The van der Waals surface area contributed by atoms with E-state index in [-0.39, 0.29) is 24.1 Å². The number of carbonyl (C=O) groups excluding carboxylic acids is 2. The van der Waals surface area contributed by atoms with E-state index in [9.17, 15) is 14.0 Å². The highest BCUT2D eigenvalue weighted by Gasteiger charge is 2.14. The molecule has 0 saturated heterocycles. The SMILES string of the molecule is O=C(Cc1ccc(N(Cc2ccccc2)C(=O)/C=C/c2ccccc2)cc1)NCc1ccc(F)cc1. The van der Waals surface area contributed by atoms with Gasteiger partial charge >= 0.3 is 0 Å². The van der Waals surface area contributed by atoms with Crippen LogP contribution in [0.5, 0.6) is 0 Å². The molecular formula is C31H27FN2O2. The third kappa shape index (κ3) is 7.24. The number of hydrogen-bond acceptors (Lipinski definition) is 2. The number of rotatable bonds is 9. The van der Waals surface area contributed by atoms with Crippen molar-refractivity contribution in [2.45, 2.75) is 19.5 Å². The van der Waals surface area contributed by atoms with E-state index in [4.69, 9.17) is 0 Å². The molecule has 180 valence electrons. The van der Waals surface area contributed by atoms with Gasteiger partial charge in [0.15, 0.2) is 0 Å². The van der Waals surface area contributed by atoms with Crippen molar-refractivity contribution in [1.29, 1.82) is 0 Å². The molecule has 0 bridgehead atoms. The Morgan fingerprint density at radius 3 is 2.00 bits per heavy atom. The normalized spacial score (nSPS) is 10.8. The van der Waals surface area contributed by atoms with Gasteiger partial charge in [-0.2, -0.15) is 0 Å². The first kappa shape index (κ1) is 24.6.